The number of aromatic hydroxyl groups is 2. The summed E-state index contributed by atoms with van der Waals surface area (Å²) in [7, 11) is 0. The minimum atomic E-state index is -1.79. The van der Waals surface area contributed by atoms with Gasteiger partial charge in [-0.05, 0) is 147 Å². The van der Waals surface area contributed by atoms with E-state index in [0.29, 0.717) is 23.7 Å². The number of carbonyl (C=O) groups excluding carboxylic acids is 2. The first-order valence-electron chi connectivity index (χ1n) is 18.6. The van der Waals surface area contributed by atoms with Crippen molar-refractivity contribution >= 4 is 11.9 Å². The van der Waals surface area contributed by atoms with Gasteiger partial charge in [-0.2, -0.15) is 0 Å². The van der Waals surface area contributed by atoms with E-state index >= 15 is 0 Å². The van der Waals surface area contributed by atoms with Crippen LogP contribution in [0, 0.1) is 34.5 Å². The number of esters is 2. The predicted molar refractivity (Wildman–Crippen MR) is 179 cm³/mol. The van der Waals surface area contributed by atoms with Crippen LogP contribution in [0.5, 0.6) is 23.0 Å². The van der Waals surface area contributed by atoms with Crippen LogP contribution in [-0.2, 0) is 22.4 Å². The number of benzene rings is 2. The van der Waals surface area contributed by atoms with E-state index in [9.17, 15) is 35.1 Å². The Balaban J connectivity index is 0.980. The molecule has 9 heteroatoms. The molecule has 9 nitrogen and oxygen atoms in total. The molecule has 0 heterocycles. The average Bonchev–Trinajstić information content (AvgIpc) is 3.54. The molecule has 0 spiro atoms. The van der Waals surface area contributed by atoms with E-state index in [1.807, 2.05) is 0 Å². The zero-order valence-corrected chi connectivity index (χ0v) is 28.6. The number of phenolic OH excluding ortho intramolecular Hbond substituents is 2. The van der Waals surface area contributed by atoms with Gasteiger partial charge in [0.25, 0.3) is 0 Å². The summed E-state index contributed by atoms with van der Waals surface area (Å²) in [4.78, 5) is 26.6. The van der Waals surface area contributed by atoms with Crippen molar-refractivity contribution in [1.29, 1.82) is 0 Å². The predicted octanol–water partition coefficient (Wildman–Crippen LogP) is 5.79. The molecule has 6 aliphatic rings. The molecule has 49 heavy (non-hydrogen) atoms. The second kappa shape index (κ2) is 12.0. The molecule has 0 aromatic heterocycles. The van der Waals surface area contributed by atoms with E-state index in [2.05, 4.69) is 13.8 Å². The van der Waals surface area contributed by atoms with Crippen molar-refractivity contribution in [2.75, 3.05) is 0 Å². The van der Waals surface area contributed by atoms with E-state index in [1.54, 1.807) is 12.1 Å². The topological polar surface area (TPSA) is 154 Å². The average molecular weight is 675 g/mol. The Hall–Kier alpha value is -3.14. The molecule has 2 aromatic rings. The SMILES string of the molecule is C[C@]12CC[C@@H]3c4c(cc(O)cc4OC(=O)CC(O)C(=O)Oc4cc(O)cc5c4[C@H]4CC[C@]6(C)[C@H](O)CC[C@H]6[C@@H]4CC5)CC[C@H]3[C@@H]1CC[C@H]2O. The van der Waals surface area contributed by atoms with Crippen LogP contribution in [0.4, 0.5) is 0 Å². The zero-order chi connectivity index (χ0) is 34.4. The molecule has 4 fully saturated rings. The first kappa shape index (κ1) is 33.0. The zero-order valence-electron chi connectivity index (χ0n) is 28.6. The second-order valence-corrected chi connectivity index (χ2v) is 16.8. The third kappa shape index (κ3) is 5.29. The van der Waals surface area contributed by atoms with Crippen LogP contribution < -0.4 is 9.47 Å². The molecular weight excluding hydrogens is 624 g/mol. The molecular formula is C40H50O9. The number of ether oxygens (including phenoxy) is 2. The lowest BCUT2D eigenvalue weighted by atomic mass is 9.55. The number of aliphatic hydroxyl groups excluding tert-OH is 3. The summed E-state index contributed by atoms with van der Waals surface area (Å²) in [6, 6.07) is 6.36. The molecule has 0 bridgehead atoms. The van der Waals surface area contributed by atoms with Crippen LogP contribution >= 0.6 is 0 Å². The van der Waals surface area contributed by atoms with Crippen molar-refractivity contribution in [2.45, 2.75) is 127 Å². The molecule has 2 aromatic carbocycles. The van der Waals surface area contributed by atoms with Gasteiger partial charge >= 0.3 is 11.9 Å². The summed E-state index contributed by atoms with van der Waals surface area (Å²) in [5.41, 5.74) is 3.47. The van der Waals surface area contributed by atoms with E-state index in [-0.39, 0.29) is 57.9 Å². The summed E-state index contributed by atoms with van der Waals surface area (Å²) >= 11 is 0. The Kier molecular flexibility index (Phi) is 8.08. The van der Waals surface area contributed by atoms with Crippen LogP contribution in [0.25, 0.3) is 0 Å². The van der Waals surface area contributed by atoms with Crippen LogP contribution in [-0.4, -0.2) is 55.8 Å². The van der Waals surface area contributed by atoms with Crippen molar-refractivity contribution in [3.05, 3.63) is 46.5 Å². The summed E-state index contributed by atoms with van der Waals surface area (Å²) in [6.45, 7) is 4.40. The van der Waals surface area contributed by atoms with Gasteiger partial charge in [-0.25, -0.2) is 4.79 Å². The normalized spacial score (nSPS) is 37.8. The fourth-order valence-corrected chi connectivity index (χ4v) is 12.0. The number of fused-ring (bicyclic) bond motifs is 10. The Bertz CT molecular complexity index is 1670. The number of carbonyl (C=O) groups is 2. The number of phenols is 2. The molecule has 0 aliphatic heterocycles. The van der Waals surface area contributed by atoms with Crippen molar-refractivity contribution < 1.29 is 44.6 Å². The van der Waals surface area contributed by atoms with Gasteiger partial charge in [0.1, 0.15) is 23.0 Å². The number of hydrogen-bond acceptors (Lipinski definition) is 9. The highest BCUT2D eigenvalue weighted by atomic mass is 16.6. The highest BCUT2D eigenvalue weighted by Gasteiger charge is 2.56. The van der Waals surface area contributed by atoms with Gasteiger partial charge in [0.2, 0.25) is 0 Å². The van der Waals surface area contributed by atoms with Gasteiger partial charge in [0.05, 0.1) is 18.6 Å². The highest BCUT2D eigenvalue weighted by Crippen LogP contribution is 2.63. The fraction of sp³-hybridized carbons (Fsp3) is 0.650. The quantitative estimate of drug-likeness (QED) is 0.196. The molecule has 0 radical (unpaired) electrons. The smallest absolute Gasteiger partial charge is 0.340 e. The fourth-order valence-electron chi connectivity index (χ4n) is 12.0. The minimum Gasteiger partial charge on any atom is -0.508 e. The largest absolute Gasteiger partial charge is 0.508 e. The third-order valence-corrected chi connectivity index (χ3v) is 14.5. The summed E-state index contributed by atoms with van der Waals surface area (Å²) in [5.74, 6) is 0.342. The van der Waals surface area contributed by atoms with E-state index in [0.717, 1.165) is 99.3 Å². The number of hydrogen-bond donors (Lipinski definition) is 5. The summed E-state index contributed by atoms with van der Waals surface area (Å²) in [6.07, 6.45) is 7.31. The number of rotatable bonds is 5. The Morgan fingerprint density at radius 1 is 0.714 bits per heavy atom. The molecule has 6 aliphatic carbocycles. The lowest BCUT2D eigenvalue weighted by molar-refractivity contribution is -0.150. The lowest BCUT2D eigenvalue weighted by Crippen LogP contribution is -2.44. The molecule has 4 saturated carbocycles. The van der Waals surface area contributed by atoms with Gasteiger partial charge in [-0.15, -0.1) is 0 Å². The summed E-state index contributed by atoms with van der Waals surface area (Å²) in [5, 5.41) is 53.6. The van der Waals surface area contributed by atoms with Crippen LogP contribution in [0.2, 0.25) is 0 Å². The van der Waals surface area contributed by atoms with Gasteiger partial charge < -0.3 is 35.0 Å². The molecule has 1 unspecified atom stereocenters. The first-order chi connectivity index (χ1) is 23.4. The number of aliphatic hydroxyl groups is 3. The van der Waals surface area contributed by atoms with Crippen molar-refractivity contribution in [2.24, 2.45) is 34.5 Å². The van der Waals surface area contributed by atoms with Crippen molar-refractivity contribution in [3.63, 3.8) is 0 Å². The first-order valence-corrected chi connectivity index (χ1v) is 18.6. The highest BCUT2D eigenvalue weighted by molar-refractivity contribution is 5.84. The Morgan fingerprint density at radius 2 is 1.18 bits per heavy atom. The van der Waals surface area contributed by atoms with Crippen molar-refractivity contribution in [1.82, 2.24) is 0 Å². The van der Waals surface area contributed by atoms with Gasteiger partial charge in [0, 0.05) is 23.3 Å². The number of aryl methyl sites for hydroxylation is 2. The maximum atomic E-state index is 13.3. The lowest BCUT2D eigenvalue weighted by Gasteiger charge is -2.50. The van der Waals surface area contributed by atoms with Crippen LogP contribution in [0.3, 0.4) is 0 Å². The third-order valence-electron chi connectivity index (χ3n) is 14.5. The van der Waals surface area contributed by atoms with E-state index in [1.165, 1.54) is 12.1 Å². The Labute approximate surface area is 287 Å². The van der Waals surface area contributed by atoms with Gasteiger partial charge in [-0.3, -0.25) is 4.79 Å². The standard InChI is InChI=1S/C40H50O9/c1-39-13-11-26-24(28(39)7-9-33(39)44)5-3-20-15-22(41)17-31(36(20)26)48-35(46)19-30(43)38(47)49-32-18-23(42)16-21-4-6-25-27(37(21)32)12-14-40(2)29(25)8-10-34(40)45/h15-18,24-30,33-34,41-45H,3-14,19H2,1-2H3/t24-,25-,26+,27+,28+,29+,30?,33-,34-,39+,40+/m1/s1. The summed E-state index contributed by atoms with van der Waals surface area (Å²) < 4.78 is 11.6. The van der Waals surface area contributed by atoms with Gasteiger partial charge in [-0.1, -0.05) is 13.8 Å². The maximum absolute atomic E-state index is 13.3. The minimum absolute atomic E-state index is 0.000928. The molecule has 8 rings (SSSR count). The maximum Gasteiger partial charge on any atom is 0.340 e. The molecule has 0 amide bonds. The van der Waals surface area contributed by atoms with E-state index < -0.39 is 24.5 Å². The molecule has 264 valence electrons. The molecule has 0 saturated heterocycles. The van der Waals surface area contributed by atoms with Crippen molar-refractivity contribution in [3.8, 4) is 23.0 Å². The van der Waals surface area contributed by atoms with Crippen LogP contribution in [0.15, 0.2) is 24.3 Å². The molecule has 5 N–H and O–H groups in total. The van der Waals surface area contributed by atoms with Crippen LogP contribution in [0.1, 0.15) is 119 Å². The second-order valence-electron chi connectivity index (χ2n) is 16.8. The van der Waals surface area contributed by atoms with Gasteiger partial charge in [0.15, 0.2) is 6.10 Å². The monoisotopic (exact) mass is 674 g/mol. The van der Waals surface area contributed by atoms with E-state index in [4.69, 9.17) is 9.47 Å². The molecule has 11 atom stereocenters. The Morgan fingerprint density at radius 3 is 1.67 bits per heavy atom.